The Hall–Kier alpha value is -3.54. The quantitative estimate of drug-likeness (QED) is 0.598. The molecule has 25 heavy (non-hydrogen) atoms. The zero-order valence-electron chi connectivity index (χ0n) is 13.3. The maximum Gasteiger partial charge on any atom is 0.243 e. The number of nitrogens with one attached hydrogen (secondary N) is 1. The molecular formula is C19H14N2O4. The lowest BCUT2D eigenvalue weighted by Crippen LogP contribution is -2.02. The number of aromatic hydroxyl groups is 1. The zero-order chi connectivity index (χ0) is 17.4. The van der Waals surface area contributed by atoms with Crippen molar-refractivity contribution < 1.29 is 14.3 Å². The fraction of sp³-hybridized carbons (Fsp3) is 0.0526. The van der Waals surface area contributed by atoms with Crippen molar-refractivity contribution in [2.45, 2.75) is 0 Å². The lowest BCUT2D eigenvalue weighted by atomic mass is 10.2. The van der Waals surface area contributed by atoms with E-state index in [4.69, 9.17) is 9.15 Å². The fourth-order valence-corrected chi connectivity index (χ4v) is 2.66. The van der Waals surface area contributed by atoms with E-state index in [1.165, 1.54) is 12.1 Å². The number of phenolic OH excluding ortho intramolecular Hbond substituents is 1. The van der Waals surface area contributed by atoms with Crippen molar-refractivity contribution in [2.75, 3.05) is 7.11 Å². The molecule has 0 atom stereocenters. The van der Waals surface area contributed by atoms with Gasteiger partial charge in [-0.2, -0.15) is 0 Å². The Balaban J connectivity index is 1.78. The van der Waals surface area contributed by atoms with Crippen molar-refractivity contribution in [3.05, 3.63) is 65.0 Å². The van der Waals surface area contributed by atoms with Crippen LogP contribution in [-0.2, 0) is 0 Å². The maximum atomic E-state index is 12.3. The molecule has 2 aromatic carbocycles. The molecule has 0 fully saturated rings. The number of H-pyrrole nitrogens is 1. The van der Waals surface area contributed by atoms with E-state index in [1.807, 2.05) is 24.3 Å². The number of rotatable bonds is 3. The molecule has 0 aliphatic carbocycles. The van der Waals surface area contributed by atoms with Crippen LogP contribution in [-0.4, -0.2) is 22.2 Å². The largest absolute Gasteiger partial charge is 0.506 e. The third-order valence-electron chi connectivity index (χ3n) is 3.95. The number of methoxy groups -OCH3 is 1. The number of ether oxygens (including phenoxy) is 1. The second-order valence-electron chi connectivity index (χ2n) is 5.51. The molecule has 2 aromatic heterocycles. The molecule has 4 aromatic rings. The van der Waals surface area contributed by atoms with E-state index in [-0.39, 0.29) is 17.1 Å². The first-order chi connectivity index (χ1) is 12.2. The van der Waals surface area contributed by atoms with Gasteiger partial charge in [-0.3, -0.25) is 4.79 Å². The van der Waals surface area contributed by atoms with Crippen LogP contribution in [0.1, 0.15) is 0 Å². The lowest BCUT2D eigenvalue weighted by molar-refractivity contribution is 0.415. The molecule has 0 unspecified atom stereocenters. The van der Waals surface area contributed by atoms with E-state index in [9.17, 15) is 9.90 Å². The van der Waals surface area contributed by atoms with Gasteiger partial charge in [0.05, 0.1) is 18.8 Å². The highest BCUT2D eigenvalue weighted by atomic mass is 16.5. The highest BCUT2D eigenvalue weighted by molar-refractivity contribution is 5.85. The van der Waals surface area contributed by atoms with Gasteiger partial charge in [-0.05, 0) is 36.4 Å². The first-order valence-electron chi connectivity index (χ1n) is 7.61. The Morgan fingerprint density at radius 3 is 2.72 bits per heavy atom. The van der Waals surface area contributed by atoms with Gasteiger partial charge in [-0.15, -0.1) is 0 Å². The van der Waals surface area contributed by atoms with E-state index in [2.05, 4.69) is 9.97 Å². The molecule has 124 valence electrons. The summed E-state index contributed by atoms with van der Waals surface area (Å²) in [6.45, 7) is 0. The van der Waals surface area contributed by atoms with Crippen molar-refractivity contribution >= 4 is 10.9 Å². The normalized spacial score (nSPS) is 10.9. The monoisotopic (exact) mass is 334 g/mol. The lowest BCUT2D eigenvalue weighted by Gasteiger charge is -2.03. The number of pyridine rings is 1. The first-order valence-corrected chi connectivity index (χ1v) is 7.61. The van der Waals surface area contributed by atoms with Gasteiger partial charge in [0.2, 0.25) is 5.89 Å². The third-order valence-corrected chi connectivity index (χ3v) is 3.95. The molecule has 0 saturated heterocycles. The number of hydrogen-bond acceptors (Lipinski definition) is 5. The Bertz CT molecular complexity index is 1110. The number of aromatic amines is 1. The van der Waals surface area contributed by atoms with Gasteiger partial charge in [0.1, 0.15) is 17.2 Å². The van der Waals surface area contributed by atoms with Crippen LogP contribution >= 0.6 is 0 Å². The molecule has 4 rings (SSSR count). The van der Waals surface area contributed by atoms with Crippen LogP contribution in [0.15, 0.2) is 63.9 Å². The number of oxazole rings is 1. The number of fused-ring (bicyclic) bond motifs is 1. The van der Waals surface area contributed by atoms with Gasteiger partial charge in [0.15, 0.2) is 11.2 Å². The third kappa shape index (κ3) is 2.63. The van der Waals surface area contributed by atoms with E-state index < -0.39 is 0 Å². The van der Waals surface area contributed by atoms with E-state index in [0.29, 0.717) is 22.4 Å². The predicted molar refractivity (Wildman–Crippen MR) is 93.7 cm³/mol. The van der Waals surface area contributed by atoms with Crippen LogP contribution in [0.25, 0.3) is 33.8 Å². The molecule has 0 bridgehead atoms. The van der Waals surface area contributed by atoms with E-state index in [0.717, 1.165) is 11.3 Å². The minimum absolute atomic E-state index is 0.00150. The Kier molecular flexibility index (Phi) is 3.50. The zero-order valence-corrected chi connectivity index (χ0v) is 13.3. The summed E-state index contributed by atoms with van der Waals surface area (Å²) in [6.07, 6.45) is 1.59. The van der Waals surface area contributed by atoms with Gasteiger partial charge in [0, 0.05) is 17.0 Å². The molecule has 2 N–H and O–H groups in total. The van der Waals surface area contributed by atoms with Crippen LogP contribution in [0.4, 0.5) is 0 Å². The van der Waals surface area contributed by atoms with Crippen molar-refractivity contribution in [3.63, 3.8) is 0 Å². The molecule has 0 spiro atoms. The van der Waals surface area contributed by atoms with Crippen LogP contribution < -0.4 is 10.2 Å². The summed E-state index contributed by atoms with van der Waals surface area (Å²) in [5.41, 5.74) is 1.38. The average molecular weight is 334 g/mol. The second-order valence-corrected chi connectivity index (χ2v) is 5.51. The van der Waals surface area contributed by atoms with Crippen molar-refractivity contribution in [1.82, 2.24) is 9.97 Å². The number of para-hydroxylation sites is 1. The molecule has 0 saturated carbocycles. The summed E-state index contributed by atoms with van der Waals surface area (Å²) in [5.74, 6) is 1.58. The van der Waals surface area contributed by atoms with Crippen molar-refractivity contribution in [1.29, 1.82) is 0 Å². The molecule has 2 heterocycles. The number of hydrogen-bond donors (Lipinski definition) is 2. The van der Waals surface area contributed by atoms with Crippen LogP contribution in [0.2, 0.25) is 0 Å². The SMILES string of the molecule is COc1ccc(-c2cnc(-c3cc(=O)c4cccc(O)c4[nH]3)o2)cc1. The summed E-state index contributed by atoms with van der Waals surface area (Å²) in [7, 11) is 1.60. The van der Waals surface area contributed by atoms with Gasteiger partial charge < -0.3 is 19.2 Å². The minimum Gasteiger partial charge on any atom is -0.506 e. The van der Waals surface area contributed by atoms with E-state index >= 15 is 0 Å². The van der Waals surface area contributed by atoms with Crippen molar-refractivity contribution in [2.24, 2.45) is 0 Å². The first kappa shape index (κ1) is 15.0. The number of aromatic nitrogens is 2. The van der Waals surface area contributed by atoms with Crippen LogP contribution in [0.3, 0.4) is 0 Å². The smallest absolute Gasteiger partial charge is 0.243 e. The van der Waals surface area contributed by atoms with Crippen LogP contribution in [0.5, 0.6) is 11.5 Å². The predicted octanol–water partition coefficient (Wildman–Crippen LogP) is 3.56. The second kappa shape index (κ2) is 5.83. The molecule has 6 heteroatoms. The molecule has 0 radical (unpaired) electrons. The van der Waals surface area contributed by atoms with Crippen molar-refractivity contribution in [3.8, 4) is 34.4 Å². The number of nitrogens with zero attached hydrogens (tertiary/aromatic N) is 1. The van der Waals surface area contributed by atoms with Gasteiger partial charge in [0.25, 0.3) is 0 Å². The molecule has 0 aliphatic heterocycles. The highest BCUT2D eigenvalue weighted by Crippen LogP contribution is 2.28. The van der Waals surface area contributed by atoms with Gasteiger partial charge >= 0.3 is 0 Å². The Morgan fingerprint density at radius 1 is 1.16 bits per heavy atom. The standard InChI is InChI=1S/C19H14N2O4/c1-24-12-7-5-11(6-8-12)17-10-20-19(25-17)14-9-16(23)13-3-2-4-15(22)18(13)21-14/h2-10,22H,1H3,(H,21,23). The number of phenols is 1. The highest BCUT2D eigenvalue weighted by Gasteiger charge is 2.12. The van der Waals surface area contributed by atoms with E-state index in [1.54, 1.807) is 25.4 Å². The Morgan fingerprint density at radius 2 is 1.96 bits per heavy atom. The maximum absolute atomic E-state index is 12.3. The topological polar surface area (TPSA) is 88.4 Å². The molecule has 0 amide bonds. The van der Waals surface area contributed by atoms with Gasteiger partial charge in [-0.25, -0.2) is 4.98 Å². The summed E-state index contributed by atoms with van der Waals surface area (Å²) in [5, 5.41) is 10.4. The Labute approximate surface area is 142 Å². The number of benzene rings is 2. The average Bonchev–Trinajstić information content (AvgIpc) is 3.13. The molecule has 0 aliphatic rings. The summed E-state index contributed by atoms with van der Waals surface area (Å²) >= 11 is 0. The summed E-state index contributed by atoms with van der Waals surface area (Å²) < 4.78 is 10.9. The van der Waals surface area contributed by atoms with Crippen LogP contribution in [0, 0.1) is 0 Å². The summed E-state index contributed by atoms with van der Waals surface area (Å²) in [6, 6.07) is 13.6. The molecular weight excluding hydrogens is 320 g/mol. The summed E-state index contributed by atoms with van der Waals surface area (Å²) in [4.78, 5) is 19.5. The molecule has 6 nitrogen and oxygen atoms in total. The fourth-order valence-electron chi connectivity index (χ4n) is 2.66. The minimum atomic E-state index is -0.219. The van der Waals surface area contributed by atoms with Gasteiger partial charge in [-0.1, -0.05) is 6.07 Å².